The molecule has 4 rings (SSSR count). The van der Waals surface area contributed by atoms with E-state index in [9.17, 15) is 13.2 Å². The zero-order valence-electron chi connectivity index (χ0n) is 18.6. The van der Waals surface area contributed by atoms with Gasteiger partial charge in [0, 0.05) is 44.1 Å². The van der Waals surface area contributed by atoms with Gasteiger partial charge in [-0.05, 0) is 42.0 Å². The minimum atomic E-state index is -3.48. The Morgan fingerprint density at radius 2 is 1.48 bits per heavy atom. The highest BCUT2D eigenvalue weighted by Gasteiger charge is 2.18. The van der Waals surface area contributed by atoms with E-state index in [0.717, 1.165) is 44.7 Å². The number of nitrogens with one attached hydrogen (secondary N) is 2. The average Bonchev–Trinajstić information content (AvgIpc) is 2.80. The molecule has 3 aromatic rings. The summed E-state index contributed by atoms with van der Waals surface area (Å²) in [7, 11) is -3.48. The van der Waals surface area contributed by atoms with E-state index in [1.807, 2.05) is 30.3 Å². The molecular formula is C25H28N4O3S. The fourth-order valence-electron chi connectivity index (χ4n) is 3.93. The second-order valence-corrected chi connectivity index (χ2v) is 9.92. The third kappa shape index (κ3) is 6.34. The molecule has 2 N–H and O–H groups in total. The van der Waals surface area contributed by atoms with Gasteiger partial charge in [-0.3, -0.25) is 14.4 Å². The van der Waals surface area contributed by atoms with Gasteiger partial charge in [0.2, 0.25) is 10.0 Å². The number of hydrogen-bond acceptors (Lipinski definition) is 5. The summed E-state index contributed by atoms with van der Waals surface area (Å²) in [5, 5.41) is 2.85. The van der Waals surface area contributed by atoms with Crippen molar-refractivity contribution in [1.29, 1.82) is 0 Å². The predicted octanol–water partition coefficient (Wildman–Crippen LogP) is 3.63. The van der Waals surface area contributed by atoms with Crippen LogP contribution in [0.5, 0.6) is 0 Å². The van der Waals surface area contributed by atoms with Crippen molar-refractivity contribution in [3.63, 3.8) is 0 Å². The summed E-state index contributed by atoms with van der Waals surface area (Å²) >= 11 is 0. The lowest BCUT2D eigenvalue weighted by Crippen LogP contribution is -2.45. The molecule has 0 spiro atoms. The van der Waals surface area contributed by atoms with Gasteiger partial charge in [-0.2, -0.15) is 0 Å². The van der Waals surface area contributed by atoms with Gasteiger partial charge in [0.05, 0.1) is 17.5 Å². The first-order chi connectivity index (χ1) is 15.9. The molecule has 1 heterocycles. The van der Waals surface area contributed by atoms with Crippen LogP contribution < -0.4 is 14.9 Å². The fraction of sp³-hybridized carbons (Fsp3) is 0.240. The fourth-order valence-corrected chi connectivity index (χ4v) is 4.51. The minimum Gasteiger partial charge on any atom is -0.369 e. The van der Waals surface area contributed by atoms with E-state index in [1.165, 1.54) is 5.56 Å². The summed E-state index contributed by atoms with van der Waals surface area (Å²) in [5.41, 5.74) is 3.62. The molecule has 0 unspecified atom stereocenters. The Balaban J connectivity index is 1.34. The van der Waals surface area contributed by atoms with Crippen LogP contribution >= 0.6 is 0 Å². The molecule has 1 fully saturated rings. The number of para-hydroxylation sites is 1. The summed E-state index contributed by atoms with van der Waals surface area (Å²) in [6.45, 7) is 4.86. The Hall–Kier alpha value is -3.36. The number of carbonyl (C=O) groups excluding carboxylic acids is 1. The van der Waals surface area contributed by atoms with Crippen molar-refractivity contribution in [3.05, 3.63) is 90.0 Å². The number of rotatable bonds is 7. The summed E-state index contributed by atoms with van der Waals surface area (Å²) in [6, 6.07) is 24.8. The molecule has 1 amide bonds. The summed E-state index contributed by atoms with van der Waals surface area (Å²) in [4.78, 5) is 17.5. The number of sulfonamides is 1. The lowest BCUT2D eigenvalue weighted by atomic mass is 10.1. The molecule has 7 nitrogen and oxygen atoms in total. The second kappa shape index (κ2) is 10.1. The van der Waals surface area contributed by atoms with Crippen LogP contribution in [0.1, 0.15) is 15.9 Å². The quantitative estimate of drug-likeness (QED) is 0.558. The van der Waals surface area contributed by atoms with Crippen molar-refractivity contribution in [2.45, 2.75) is 6.54 Å². The van der Waals surface area contributed by atoms with Crippen LogP contribution in [0.25, 0.3) is 0 Å². The first-order valence-electron chi connectivity index (χ1n) is 10.9. The average molecular weight is 465 g/mol. The predicted molar refractivity (Wildman–Crippen MR) is 133 cm³/mol. The van der Waals surface area contributed by atoms with E-state index in [-0.39, 0.29) is 17.2 Å². The topological polar surface area (TPSA) is 81.7 Å². The molecular weight excluding hydrogens is 436 g/mol. The van der Waals surface area contributed by atoms with Gasteiger partial charge in [-0.15, -0.1) is 0 Å². The monoisotopic (exact) mass is 464 g/mol. The van der Waals surface area contributed by atoms with E-state index in [2.05, 4.69) is 44.1 Å². The molecule has 0 aliphatic carbocycles. The molecule has 0 saturated carbocycles. The highest BCUT2D eigenvalue weighted by atomic mass is 32.2. The van der Waals surface area contributed by atoms with E-state index in [1.54, 1.807) is 24.3 Å². The third-order valence-electron chi connectivity index (χ3n) is 5.58. The molecule has 33 heavy (non-hydrogen) atoms. The van der Waals surface area contributed by atoms with Crippen molar-refractivity contribution in [3.8, 4) is 0 Å². The first kappa shape index (κ1) is 22.8. The molecule has 0 radical (unpaired) electrons. The van der Waals surface area contributed by atoms with E-state index in [4.69, 9.17) is 0 Å². The Morgan fingerprint density at radius 1 is 0.848 bits per heavy atom. The molecule has 3 aromatic carbocycles. The standard InChI is InChI=1S/C25H28N4O3S/c1-33(31,32)27-24-10-6-5-9-23(24)25(30)26-21-11-13-22(14-12-21)29-17-15-28(16-18-29)19-20-7-3-2-4-8-20/h2-14,27H,15-19H2,1H3,(H,26,30). The van der Waals surface area contributed by atoms with Gasteiger partial charge in [0.1, 0.15) is 0 Å². The molecule has 0 aromatic heterocycles. The smallest absolute Gasteiger partial charge is 0.257 e. The van der Waals surface area contributed by atoms with Crippen molar-refractivity contribution in [1.82, 2.24) is 4.90 Å². The van der Waals surface area contributed by atoms with Crippen LogP contribution in [0, 0.1) is 0 Å². The normalized spacial score (nSPS) is 14.6. The summed E-state index contributed by atoms with van der Waals surface area (Å²) in [5.74, 6) is -0.371. The van der Waals surface area contributed by atoms with Gasteiger partial charge < -0.3 is 10.2 Å². The summed E-state index contributed by atoms with van der Waals surface area (Å²) < 4.78 is 25.6. The Kier molecular flexibility index (Phi) is 6.96. The number of carbonyl (C=O) groups is 1. The molecule has 0 atom stereocenters. The highest BCUT2D eigenvalue weighted by molar-refractivity contribution is 7.92. The Morgan fingerprint density at radius 3 is 2.15 bits per heavy atom. The maximum atomic E-state index is 12.7. The third-order valence-corrected chi connectivity index (χ3v) is 6.17. The number of benzene rings is 3. The lowest BCUT2D eigenvalue weighted by molar-refractivity contribution is 0.102. The van der Waals surface area contributed by atoms with Gasteiger partial charge in [0.15, 0.2) is 0 Å². The Bertz CT molecular complexity index is 1190. The zero-order chi connectivity index (χ0) is 23.3. The summed E-state index contributed by atoms with van der Waals surface area (Å²) in [6.07, 6.45) is 1.06. The molecule has 0 bridgehead atoms. The van der Waals surface area contributed by atoms with E-state index in [0.29, 0.717) is 5.69 Å². The van der Waals surface area contributed by atoms with E-state index < -0.39 is 10.0 Å². The second-order valence-electron chi connectivity index (χ2n) is 8.17. The van der Waals surface area contributed by atoms with Crippen LogP contribution in [0.2, 0.25) is 0 Å². The zero-order valence-corrected chi connectivity index (χ0v) is 19.4. The van der Waals surface area contributed by atoms with Crippen molar-refractivity contribution >= 4 is 33.0 Å². The van der Waals surface area contributed by atoms with Crippen molar-refractivity contribution in [2.75, 3.05) is 47.4 Å². The van der Waals surface area contributed by atoms with Crippen LogP contribution in [-0.4, -0.2) is 51.7 Å². The van der Waals surface area contributed by atoms with Gasteiger partial charge in [0.25, 0.3) is 5.91 Å². The van der Waals surface area contributed by atoms with Crippen LogP contribution in [0.4, 0.5) is 17.1 Å². The van der Waals surface area contributed by atoms with Crippen molar-refractivity contribution < 1.29 is 13.2 Å². The largest absolute Gasteiger partial charge is 0.369 e. The lowest BCUT2D eigenvalue weighted by Gasteiger charge is -2.36. The number of hydrogen-bond donors (Lipinski definition) is 2. The number of amides is 1. The van der Waals surface area contributed by atoms with Gasteiger partial charge in [-0.25, -0.2) is 8.42 Å². The molecule has 8 heteroatoms. The number of anilines is 3. The number of piperazine rings is 1. The maximum absolute atomic E-state index is 12.7. The van der Waals surface area contributed by atoms with E-state index >= 15 is 0 Å². The van der Waals surface area contributed by atoms with Gasteiger partial charge in [-0.1, -0.05) is 42.5 Å². The maximum Gasteiger partial charge on any atom is 0.257 e. The minimum absolute atomic E-state index is 0.252. The number of nitrogens with zero attached hydrogens (tertiary/aromatic N) is 2. The van der Waals surface area contributed by atoms with Crippen molar-refractivity contribution in [2.24, 2.45) is 0 Å². The highest BCUT2D eigenvalue weighted by Crippen LogP contribution is 2.22. The first-order valence-corrected chi connectivity index (χ1v) is 12.8. The van der Waals surface area contributed by atoms with Crippen LogP contribution in [0.15, 0.2) is 78.9 Å². The molecule has 1 aliphatic rings. The van der Waals surface area contributed by atoms with Crippen LogP contribution in [-0.2, 0) is 16.6 Å². The molecule has 1 saturated heterocycles. The SMILES string of the molecule is CS(=O)(=O)Nc1ccccc1C(=O)Nc1ccc(N2CCN(Cc3ccccc3)CC2)cc1. The molecule has 1 aliphatic heterocycles. The van der Waals surface area contributed by atoms with Gasteiger partial charge >= 0.3 is 0 Å². The molecule has 172 valence electrons. The Labute approximate surface area is 195 Å². The van der Waals surface area contributed by atoms with Crippen LogP contribution in [0.3, 0.4) is 0 Å².